The van der Waals surface area contributed by atoms with E-state index >= 15 is 0 Å². The van der Waals surface area contributed by atoms with Gasteiger partial charge in [-0.25, -0.2) is 12.8 Å². The molecule has 0 unspecified atom stereocenters. The minimum absolute atomic E-state index is 0.192. The second-order valence-corrected chi connectivity index (χ2v) is 7.56. The molecular formula is C12H14BrFO2S. The third-order valence-corrected chi connectivity index (χ3v) is 6.01. The van der Waals surface area contributed by atoms with Crippen LogP contribution < -0.4 is 0 Å². The summed E-state index contributed by atoms with van der Waals surface area (Å²) in [6, 6.07) is 4.76. The Bertz CT molecular complexity index is 507. The molecule has 2 rings (SSSR count). The highest BCUT2D eigenvalue weighted by molar-refractivity contribution is 9.10. The predicted octanol–water partition coefficient (Wildman–Crippen LogP) is 3.45. The molecule has 1 saturated carbocycles. The molecule has 2 nitrogen and oxygen atoms in total. The van der Waals surface area contributed by atoms with Gasteiger partial charge in [-0.05, 0) is 34.8 Å². The average molecular weight is 321 g/mol. The van der Waals surface area contributed by atoms with Gasteiger partial charge in [0.1, 0.15) is 5.82 Å². The predicted molar refractivity (Wildman–Crippen MR) is 69.0 cm³/mol. The molecule has 17 heavy (non-hydrogen) atoms. The minimum atomic E-state index is -3.21. The highest BCUT2D eigenvalue weighted by Gasteiger charge is 2.29. The zero-order valence-electron chi connectivity index (χ0n) is 9.33. The normalized spacial score (nSPS) is 17.5. The molecule has 0 atom stereocenters. The van der Waals surface area contributed by atoms with Gasteiger partial charge in [0.25, 0.3) is 0 Å². The summed E-state index contributed by atoms with van der Waals surface area (Å²) >= 11 is 3.07. The van der Waals surface area contributed by atoms with Gasteiger partial charge in [-0.2, -0.15) is 0 Å². The van der Waals surface area contributed by atoms with Gasteiger partial charge in [-0.15, -0.1) is 0 Å². The molecule has 0 amide bonds. The van der Waals surface area contributed by atoms with Crippen LogP contribution in [0.5, 0.6) is 0 Å². The van der Waals surface area contributed by atoms with Crippen LogP contribution in [0, 0.1) is 5.82 Å². The van der Waals surface area contributed by atoms with Gasteiger partial charge < -0.3 is 0 Å². The maximum atomic E-state index is 13.7. The second-order valence-electron chi connectivity index (χ2n) is 4.43. The molecule has 0 heterocycles. The van der Waals surface area contributed by atoms with Gasteiger partial charge in [-0.1, -0.05) is 25.0 Å². The van der Waals surface area contributed by atoms with Gasteiger partial charge in [0.05, 0.1) is 15.5 Å². The molecule has 1 aromatic rings. The Labute approximate surface area is 109 Å². The summed E-state index contributed by atoms with van der Waals surface area (Å²) in [5.74, 6) is -0.655. The average Bonchev–Trinajstić information content (AvgIpc) is 2.78. The van der Waals surface area contributed by atoms with Crippen molar-refractivity contribution in [1.82, 2.24) is 0 Å². The van der Waals surface area contributed by atoms with E-state index in [1.54, 1.807) is 12.1 Å². The van der Waals surface area contributed by atoms with Crippen LogP contribution in [0.25, 0.3) is 0 Å². The lowest BCUT2D eigenvalue weighted by atomic mass is 10.2. The van der Waals surface area contributed by atoms with Crippen LogP contribution in [-0.4, -0.2) is 13.7 Å². The highest BCUT2D eigenvalue weighted by Crippen LogP contribution is 2.28. The van der Waals surface area contributed by atoms with Gasteiger partial charge in [0.2, 0.25) is 0 Å². The molecule has 1 fully saturated rings. The third-order valence-electron chi connectivity index (χ3n) is 3.20. The van der Waals surface area contributed by atoms with Gasteiger partial charge in [0.15, 0.2) is 9.84 Å². The standard InChI is InChI=1S/C12H14BrFO2S/c13-11-7-3-4-9(12(11)14)8-17(15,16)10-5-1-2-6-10/h3-4,7,10H,1-2,5-6,8H2. The molecule has 1 aliphatic rings. The van der Waals surface area contributed by atoms with Crippen LogP contribution in [0.2, 0.25) is 0 Å². The van der Waals surface area contributed by atoms with Gasteiger partial charge in [-0.3, -0.25) is 0 Å². The Balaban J connectivity index is 2.23. The Morgan fingerprint density at radius 2 is 1.94 bits per heavy atom. The first-order valence-electron chi connectivity index (χ1n) is 5.65. The van der Waals surface area contributed by atoms with Gasteiger partial charge >= 0.3 is 0 Å². The lowest BCUT2D eigenvalue weighted by molar-refractivity contribution is 0.572. The SMILES string of the molecule is O=S(=O)(Cc1cccc(Br)c1F)C1CCCC1. The summed E-state index contributed by atoms with van der Waals surface area (Å²) < 4.78 is 38.2. The van der Waals surface area contributed by atoms with Crippen molar-refractivity contribution in [2.75, 3.05) is 0 Å². The molecule has 94 valence electrons. The first-order valence-corrected chi connectivity index (χ1v) is 8.16. The van der Waals surface area contributed by atoms with Crippen LogP contribution in [0.4, 0.5) is 4.39 Å². The Hall–Kier alpha value is -0.420. The number of sulfone groups is 1. The first kappa shape index (κ1) is 13.0. The van der Waals surface area contributed by atoms with E-state index in [9.17, 15) is 12.8 Å². The van der Waals surface area contributed by atoms with Crippen molar-refractivity contribution in [1.29, 1.82) is 0 Å². The maximum absolute atomic E-state index is 13.7. The topological polar surface area (TPSA) is 34.1 Å². The van der Waals surface area contributed by atoms with Crippen molar-refractivity contribution in [2.45, 2.75) is 36.7 Å². The van der Waals surface area contributed by atoms with Crippen LogP contribution in [0.15, 0.2) is 22.7 Å². The quantitative estimate of drug-likeness (QED) is 0.854. The third kappa shape index (κ3) is 2.88. The number of rotatable bonds is 3. The first-order chi connectivity index (χ1) is 8.00. The Morgan fingerprint density at radius 3 is 2.59 bits per heavy atom. The van der Waals surface area contributed by atoms with Crippen LogP contribution in [-0.2, 0) is 15.6 Å². The number of hydrogen-bond acceptors (Lipinski definition) is 2. The number of hydrogen-bond donors (Lipinski definition) is 0. The summed E-state index contributed by atoms with van der Waals surface area (Å²) in [4.78, 5) is 0. The fraction of sp³-hybridized carbons (Fsp3) is 0.500. The van der Waals surface area contributed by atoms with E-state index in [0.29, 0.717) is 4.47 Å². The molecule has 0 bridgehead atoms. The number of halogens is 2. The molecular weight excluding hydrogens is 307 g/mol. The van der Waals surface area contributed by atoms with Crippen LogP contribution in [0.1, 0.15) is 31.2 Å². The Kier molecular flexibility index (Phi) is 3.88. The summed E-state index contributed by atoms with van der Waals surface area (Å²) in [6.45, 7) is 0. The van der Waals surface area contributed by atoms with Gasteiger partial charge in [0, 0.05) is 5.56 Å². The van der Waals surface area contributed by atoms with E-state index in [1.807, 2.05) is 0 Å². The zero-order valence-corrected chi connectivity index (χ0v) is 11.7. The molecule has 5 heteroatoms. The fourth-order valence-corrected chi connectivity index (χ4v) is 4.59. The summed E-state index contributed by atoms with van der Waals surface area (Å²) in [6.07, 6.45) is 3.37. The van der Waals surface area contributed by atoms with E-state index in [-0.39, 0.29) is 16.6 Å². The van der Waals surface area contributed by atoms with Crippen molar-refractivity contribution in [3.05, 3.63) is 34.1 Å². The molecule has 0 N–H and O–H groups in total. The largest absolute Gasteiger partial charge is 0.228 e. The molecule has 1 aliphatic carbocycles. The monoisotopic (exact) mass is 320 g/mol. The van der Waals surface area contributed by atoms with E-state index in [2.05, 4.69) is 15.9 Å². The van der Waals surface area contributed by atoms with Crippen molar-refractivity contribution >= 4 is 25.8 Å². The molecule has 1 aromatic carbocycles. The molecule has 0 spiro atoms. The molecule has 0 aromatic heterocycles. The van der Waals surface area contributed by atoms with Crippen LogP contribution in [0.3, 0.4) is 0 Å². The molecule has 0 radical (unpaired) electrons. The highest BCUT2D eigenvalue weighted by atomic mass is 79.9. The lowest BCUT2D eigenvalue weighted by Crippen LogP contribution is -2.20. The summed E-state index contributed by atoms with van der Waals surface area (Å²) in [5, 5.41) is -0.277. The molecule has 0 saturated heterocycles. The van der Waals surface area contributed by atoms with Crippen molar-refractivity contribution < 1.29 is 12.8 Å². The lowest BCUT2D eigenvalue weighted by Gasteiger charge is -2.11. The maximum Gasteiger partial charge on any atom is 0.157 e. The van der Waals surface area contributed by atoms with E-state index < -0.39 is 15.7 Å². The van der Waals surface area contributed by atoms with E-state index in [4.69, 9.17) is 0 Å². The van der Waals surface area contributed by atoms with E-state index in [1.165, 1.54) is 6.07 Å². The summed E-state index contributed by atoms with van der Waals surface area (Å²) in [5.41, 5.74) is 0.256. The van der Waals surface area contributed by atoms with E-state index in [0.717, 1.165) is 25.7 Å². The minimum Gasteiger partial charge on any atom is -0.228 e. The zero-order chi connectivity index (χ0) is 12.5. The van der Waals surface area contributed by atoms with Crippen LogP contribution >= 0.6 is 15.9 Å². The van der Waals surface area contributed by atoms with Crippen molar-refractivity contribution in [3.8, 4) is 0 Å². The fourth-order valence-electron chi connectivity index (χ4n) is 2.24. The van der Waals surface area contributed by atoms with Crippen molar-refractivity contribution in [3.63, 3.8) is 0 Å². The smallest absolute Gasteiger partial charge is 0.157 e. The Morgan fingerprint density at radius 1 is 1.29 bits per heavy atom. The van der Waals surface area contributed by atoms with Crippen molar-refractivity contribution in [2.24, 2.45) is 0 Å². The second kappa shape index (κ2) is 5.06. The molecule has 0 aliphatic heterocycles. The number of benzene rings is 1. The summed E-state index contributed by atoms with van der Waals surface area (Å²) in [7, 11) is -3.21.